The maximum atomic E-state index is 6.34. The van der Waals surface area contributed by atoms with Gasteiger partial charge in [0.2, 0.25) is 0 Å². The molecule has 0 spiro atoms. The number of benzene rings is 2. The van der Waals surface area contributed by atoms with Crippen LogP contribution in [0.2, 0.25) is 5.02 Å². The first-order valence-electron chi connectivity index (χ1n) is 7.90. The minimum atomic E-state index is 0.200. The minimum Gasteiger partial charge on any atom is -0.356 e. The fourth-order valence-electron chi connectivity index (χ4n) is 2.68. The minimum absolute atomic E-state index is 0.200. The Hall–Kier alpha value is -1.58. The number of thiocarbonyl (C=S) groups is 1. The van der Waals surface area contributed by atoms with Crippen LogP contribution < -0.4 is 10.6 Å². The Labute approximate surface area is 149 Å². The summed E-state index contributed by atoms with van der Waals surface area (Å²) in [5.74, 6) is 0. The number of hydrogen-bond acceptors (Lipinski definition) is 1. The number of hydrogen-bond donors (Lipinski definition) is 2. The van der Waals surface area contributed by atoms with E-state index in [4.69, 9.17) is 23.8 Å². The van der Waals surface area contributed by atoms with Gasteiger partial charge in [-0.1, -0.05) is 61.3 Å². The van der Waals surface area contributed by atoms with Crippen molar-refractivity contribution in [2.75, 3.05) is 5.32 Å². The molecule has 0 saturated carbocycles. The SMILES string of the molecule is CCC[C@@H](NC(=S)Nc1c(C)cc(C)cc1Cl)c1ccccc1. The molecule has 0 aliphatic heterocycles. The highest BCUT2D eigenvalue weighted by atomic mass is 35.5. The number of anilines is 1. The molecule has 0 aliphatic carbocycles. The van der Waals surface area contributed by atoms with E-state index in [1.807, 2.05) is 26.0 Å². The van der Waals surface area contributed by atoms with Gasteiger partial charge in [-0.15, -0.1) is 0 Å². The van der Waals surface area contributed by atoms with Gasteiger partial charge in [0, 0.05) is 0 Å². The van der Waals surface area contributed by atoms with Crippen molar-refractivity contribution in [1.29, 1.82) is 0 Å². The van der Waals surface area contributed by atoms with Crippen LogP contribution in [-0.4, -0.2) is 5.11 Å². The van der Waals surface area contributed by atoms with Crippen molar-refractivity contribution in [2.24, 2.45) is 0 Å². The molecule has 0 saturated heterocycles. The van der Waals surface area contributed by atoms with Crippen LogP contribution in [0, 0.1) is 13.8 Å². The first-order valence-corrected chi connectivity index (χ1v) is 8.69. The van der Waals surface area contributed by atoms with E-state index >= 15 is 0 Å². The number of halogens is 1. The maximum Gasteiger partial charge on any atom is 0.171 e. The predicted octanol–water partition coefficient (Wildman–Crippen LogP) is 5.78. The fourth-order valence-corrected chi connectivity index (χ4v) is 3.29. The zero-order valence-corrected chi connectivity index (χ0v) is 15.4. The van der Waals surface area contributed by atoms with E-state index in [9.17, 15) is 0 Å². The Morgan fingerprint density at radius 2 is 1.87 bits per heavy atom. The topological polar surface area (TPSA) is 24.1 Å². The van der Waals surface area contributed by atoms with Crippen molar-refractivity contribution in [3.8, 4) is 0 Å². The van der Waals surface area contributed by atoms with Crippen molar-refractivity contribution < 1.29 is 0 Å². The lowest BCUT2D eigenvalue weighted by molar-refractivity contribution is 0.584. The van der Waals surface area contributed by atoms with Gasteiger partial charge in [-0.2, -0.15) is 0 Å². The van der Waals surface area contributed by atoms with Crippen molar-refractivity contribution >= 4 is 34.6 Å². The van der Waals surface area contributed by atoms with Gasteiger partial charge < -0.3 is 10.6 Å². The molecule has 2 nitrogen and oxygen atoms in total. The van der Waals surface area contributed by atoms with Gasteiger partial charge >= 0.3 is 0 Å². The van der Waals surface area contributed by atoms with Crippen LogP contribution in [0.1, 0.15) is 42.5 Å². The molecule has 0 aliphatic rings. The molecule has 23 heavy (non-hydrogen) atoms. The lowest BCUT2D eigenvalue weighted by Crippen LogP contribution is -2.32. The maximum absolute atomic E-state index is 6.34. The van der Waals surface area contributed by atoms with Crippen LogP contribution >= 0.6 is 23.8 Å². The fraction of sp³-hybridized carbons (Fsp3) is 0.316. The third kappa shape index (κ3) is 4.95. The van der Waals surface area contributed by atoms with E-state index in [-0.39, 0.29) is 6.04 Å². The summed E-state index contributed by atoms with van der Waals surface area (Å²) in [5.41, 5.74) is 4.35. The Morgan fingerprint density at radius 1 is 1.17 bits per heavy atom. The van der Waals surface area contributed by atoms with Gasteiger partial charge in [-0.05, 0) is 55.2 Å². The summed E-state index contributed by atoms with van der Waals surface area (Å²) in [6.07, 6.45) is 2.10. The van der Waals surface area contributed by atoms with E-state index in [0.717, 1.165) is 29.7 Å². The molecular formula is C19H23ClN2S. The molecule has 0 amide bonds. The average Bonchev–Trinajstić information content (AvgIpc) is 2.51. The van der Waals surface area contributed by atoms with Crippen LogP contribution in [-0.2, 0) is 0 Å². The first-order chi connectivity index (χ1) is 11.0. The Bertz CT molecular complexity index is 647. The molecule has 0 heterocycles. The molecule has 0 fully saturated rings. The Balaban J connectivity index is 2.11. The highest BCUT2D eigenvalue weighted by Crippen LogP contribution is 2.27. The zero-order valence-electron chi connectivity index (χ0n) is 13.8. The second-order valence-electron chi connectivity index (χ2n) is 5.79. The summed E-state index contributed by atoms with van der Waals surface area (Å²) in [5, 5.41) is 7.96. The number of rotatable bonds is 5. The third-order valence-electron chi connectivity index (χ3n) is 3.75. The van der Waals surface area contributed by atoms with Gasteiger partial charge in [0.15, 0.2) is 5.11 Å². The van der Waals surface area contributed by atoms with E-state index in [1.165, 1.54) is 5.56 Å². The van der Waals surface area contributed by atoms with Crippen LogP contribution in [0.5, 0.6) is 0 Å². The predicted molar refractivity (Wildman–Crippen MR) is 104 cm³/mol. The molecule has 122 valence electrons. The molecule has 0 unspecified atom stereocenters. The first kappa shape index (κ1) is 17.8. The molecule has 4 heteroatoms. The molecule has 2 rings (SSSR count). The van der Waals surface area contributed by atoms with Gasteiger partial charge in [0.1, 0.15) is 0 Å². The summed E-state index contributed by atoms with van der Waals surface area (Å²) in [6.45, 7) is 6.24. The Morgan fingerprint density at radius 3 is 2.48 bits per heavy atom. The van der Waals surface area contributed by atoms with Crippen LogP contribution in [0.4, 0.5) is 5.69 Å². The number of nitrogens with one attached hydrogen (secondary N) is 2. The second-order valence-corrected chi connectivity index (χ2v) is 6.60. The van der Waals surface area contributed by atoms with Gasteiger partial charge in [0.05, 0.1) is 16.8 Å². The molecule has 0 aromatic heterocycles. The quantitative estimate of drug-likeness (QED) is 0.670. The van der Waals surface area contributed by atoms with Crippen molar-refractivity contribution in [3.63, 3.8) is 0 Å². The van der Waals surface area contributed by atoms with Crippen LogP contribution in [0.25, 0.3) is 0 Å². The molecule has 1 atom stereocenters. The average molecular weight is 347 g/mol. The van der Waals surface area contributed by atoms with E-state index in [2.05, 4.69) is 47.9 Å². The summed E-state index contributed by atoms with van der Waals surface area (Å²) >= 11 is 11.8. The summed E-state index contributed by atoms with van der Waals surface area (Å²) in [4.78, 5) is 0. The monoisotopic (exact) mass is 346 g/mol. The highest BCUT2D eigenvalue weighted by molar-refractivity contribution is 7.80. The zero-order chi connectivity index (χ0) is 16.8. The van der Waals surface area contributed by atoms with Crippen molar-refractivity contribution in [1.82, 2.24) is 5.32 Å². The van der Waals surface area contributed by atoms with Crippen molar-refractivity contribution in [3.05, 3.63) is 64.2 Å². The summed E-state index contributed by atoms with van der Waals surface area (Å²) in [6, 6.07) is 14.6. The van der Waals surface area contributed by atoms with E-state index in [0.29, 0.717) is 10.1 Å². The standard InChI is InChI=1S/C19H23ClN2S/c1-4-8-17(15-9-6-5-7-10-15)21-19(23)22-18-14(3)11-13(2)12-16(18)20/h5-7,9-12,17H,4,8H2,1-3H3,(H2,21,22,23)/t17-/m1/s1. The third-order valence-corrected chi connectivity index (χ3v) is 4.27. The molecular weight excluding hydrogens is 324 g/mol. The second kappa shape index (κ2) is 8.32. The molecule has 2 aromatic rings. The highest BCUT2D eigenvalue weighted by Gasteiger charge is 2.13. The molecule has 2 N–H and O–H groups in total. The van der Waals surface area contributed by atoms with Crippen LogP contribution in [0.3, 0.4) is 0 Å². The normalized spacial score (nSPS) is 11.8. The number of aryl methyl sites for hydroxylation is 2. The van der Waals surface area contributed by atoms with Gasteiger partial charge in [-0.3, -0.25) is 0 Å². The van der Waals surface area contributed by atoms with Gasteiger partial charge in [0.25, 0.3) is 0 Å². The summed E-state index contributed by atoms with van der Waals surface area (Å²) in [7, 11) is 0. The molecule has 2 aromatic carbocycles. The lowest BCUT2D eigenvalue weighted by Gasteiger charge is -2.22. The largest absolute Gasteiger partial charge is 0.356 e. The van der Waals surface area contributed by atoms with Crippen molar-refractivity contribution in [2.45, 2.75) is 39.7 Å². The summed E-state index contributed by atoms with van der Waals surface area (Å²) < 4.78 is 0. The smallest absolute Gasteiger partial charge is 0.171 e. The van der Waals surface area contributed by atoms with E-state index in [1.54, 1.807) is 0 Å². The Kier molecular flexibility index (Phi) is 6.43. The van der Waals surface area contributed by atoms with Gasteiger partial charge in [-0.25, -0.2) is 0 Å². The molecule has 0 radical (unpaired) electrons. The van der Waals surface area contributed by atoms with E-state index < -0.39 is 0 Å². The molecule has 0 bridgehead atoms. The lowest BCUT2D eigenvalue weighted by atomic mass is 10.0. The van der Waals surface area contributed by atoms with Crippen LogP contribution in [0.15, 0.2) is 42.5 Å².